The molecule has 0 atom stereocenters. The number of ether oxygens (including phenoxy) is 4. The van der Waals surface area contributed by atoms with E-state index < -0.39 is 5.54 Å². The number of amides is 2. The SMILES string of the molecule is CCCCOc1ccc(CNC(=O)N(CC)C2(C=O)CCN(Cc3cc(OC)cc(OC)c3)CC2)cc1OCCCC. The fourth-order valence-electron chi connectivity index (χ4n) is 5.25. The van der Waals surface area contributed by atoms with Crippen molar-refractivity contribution in [2.24, 2.45) is 0 Å². The van der Waals surface area contributed by atoms with Gasteiger partial charge in [-0.2, -0.15) is 0 Å². The summed E-state index contributed by atoms with van der Waals surface area (Å²) < 4.78 is 22.8. The molecule has 2 aromatic carbocycles. The zero-order valence-corrected chi connectivity index (χ0v) is 26.1. The van der Waals surface area contributed by atoms with Crippen molar-refractivity contribution >= 4 is 12.3 Å². The molecule has 0 aromatic heterocycles. The lowest BCUT2D eigenvalue weighted by molar-refractivity contribution is -0.120. The van der Waals surface area contributed by atoms with Crippen molar-refractivity contribution < 1.29 is 28.5 Å². The largest absolute Gasteiger partial charge is 0.497 e. The smallest absolute Gasteiger partial charge is 0.318 e. The average molecular weight is 584 g/mol. The third-order valence-electron chi connectivity index (χ3n) is 7.82. The van der Waals surface area contributed by atoms with Gasteiger partial charge >= 0.3 is 6.03 Å². The Labute approximate surface area is 251 Å². The molecule has 232 valence electrons. The quantitative estimate of drug-likeness (QED) is 0.185. The number of carbonyl (C=O) groups excluding carboxylic acids is 2. The molecular formula is C33H49N3O6. The van der Waals surface area contributed by atoms with Crippen molar-refractivity contribution in [3.05, 3.63) is 47.5 Å². The number of nitrogens with one attached hydrogen (secondary N) is 1. The fourth-order valence-corrected chi connectivity index (χ4v) is 5.25. The van der Waals surface area contributed by atoms with Gasteiger partial charge in [0.2, 0.25) is 0 Å². The number of aldehydes is 1. The molecule has 0 spiro atoms. The molecule has 3 rings (SSSR count). The van der Waals surface area contributed by atoms with Gasteiger partial charge in [0.05, 0.1) is 27.4 Å². The highest BCUT2D eigenvalue weighted by molar-refractivity contribution is 5.80. The molecule has 9 heteroatoms. The number of piperidine rings is 1. The average Bonchev–Trinajstić information content (AvgIpc) is 3.02. The van der Waals surface area contributed by atoms with Gasteiger partial charge in [0.25, 0.3) is 0 Å². The topological polar surface area (TPSA) is 89.6 Å². The summed E-state index contributed by atoms with van der Waals surface area (Å²) in [7, 11) is 3.28. The summed E-state index contributed by atoms with van der Waals surface area (Å²) in [5.41, 5.74) is 1.15. The summed E-state index contributed by atoms with van der Waals surface area (Å²) >= 11 is 0. The number of urea groups is 1. The zero-order chi connectivity index (χ0) is 30.4. The maximum Gasteiger partial charge on any atom is 0.318 e. The highest BCUT2D eigenvalue weighted by Gasteiger charge is 2.41. The molecule has 2 aromatic rings. The maximum absolute atomic E-state index is 13.4. The molecule has 1 aliphatic heterocycles. The lowest BCUT2D eigenvalue weighted by atomic mass is 9.87. The molecule has 9 nitrogen and oxygen atoms in total. The Morgan fingerprint density at radius 3 is 2.07 bits per heavy atom. The molecule has 1 N–H and O–H groups in total. The van der Waals surface area contributed by atoms with Crippen LogP contribution >= 0.6 is 0 Å². The Hall–Kier alpha value is -3.46. The van der Waals surface area contributed by atoms with Crippen molar-refractivity contribution in [3.63, 3.8) is 0 Å². The lowest BCUT2D eigenvalue weighted by Crippen LogP contribution is -2.60. The molecule has 42 heavy (non-hydrogen) atoms. The van der Waals surface area contributed by atoms with E-state index in [9.17, 15) is 9.59 Å². The van der Waals surface area contributed by atoms with Crippen molar-refractivity contribution in [1.29, 1.82) is 0 Å². The van der Waals surface area contributed by atoms with Gasteiger partial charge in [0.15, 0.2) is 11.5 Å². The van der Waals surface area contributed by atoms with Gasteiger partial charge in [-0.15, -0.1) is 0 Å². The zero-order valence-electron chi connectivity index (χ0n) is 26.1. The van der Waals surface area contributed by atoms with Gasteiger partial charge in [-0.05, 0) is 68.0 Å². The van der Waals surface area contributed by atoms with Crippen LogP contribution in [0.4, 0.5) is 4.79 Å². The predicted molar refractivity (Wildman–Crippen MR) is 165 cm³/mol. The molecule has 0 saturated carbocycles. The Balaban J connectivity index is 1.62. The molecular weight excluding hydrogens is 534 g/mol. The van der Waals surface area contributed by atoms with Crippen LogP contribution in [0, 0.1) is 0 Å². The molecule has 1 heterocycles. The number of likely N-dealkylation sites (N-methyl/N-ethyl adjacent to an activating group) is 1. The van der Waals surface area contributed by atoms with Gasteiger partial charge in [-0.25, -0.2) is 4.79 Å². The second-order valence-electron chi connectivity index (χ2n) is 10.8. The highest BCUT2D eigenvalue weighted by atomic mass is 16.5. The summed E-state index contributed by atoms with van der Waals surface area (Å²) in [5.74, 6) is 2.92. The van der Waals surface area contributed by atoms with E-state index in [4.69, 9.17) is 18.9 Å². The number of benzene rings is 2. The van der Waals surface area contributed by atoms with Crippen LogP contribution in [0.3, 0.4) is 0 Å². The Bertz CT molecular complexity index is 1110. The normalized spacial score (nSPS) is 14.6. The van der Waals surface area contributed by atoms with E-state index in [2.05, 4.69) is 24.1 Å². The molecule has 1 aliphatic rings. The van der Waals surface area contributed by atoms with E-state index >= 15 is 0 Å². The number of nitrogens with zero attached hydrogens (tertiary/aromatic N) is 2. The van der Waals surface area contributed by atoms with Gasteiger partial charge in [0.1, 0.15) is 23.3 Å². The van der Waals surface area contributed by atoms with Crippen LogP contribution in [-0.4, -0.2) is 74.7 Å². The number of methoxy groups -OCH3 is 2. The van der Waals surface area contributed by atoms with E-state index in [0.717, 1.165) is 60.3 Å². The molecule has 2 amide bonds. The molecule has 1 fully saturated rings. The van der Waals surface area contributed by atoms with Crippen molar-refractivity contribution in [1.82, 2.24) is 15.1 Å². The second-order valence-corrected chi connectivity index (χ2v) is 10.8. The van der Waals surface area contributed by atoms with Crippen LogP contribution in [0.25, 0.3) is 0 Å². The minimum atomic E-state index is -0.840. The number of carbonyl (C=O) groups is 2. The Morgan fingerprint density at radius 2 is 1.52 bits per heavy atom. The number of hydrogen-bond donors (Lipinski definition) is 1. The summed E-state index contributed by atoms with van der Waals surface area (Å²) in [4.78, 5) is 29.9. The van der Waals surface area contributed by atoms with Gasteiger partial charge in [-0.3, -0.25) is 4.90 Å². The first-order valence-corrected chi connectivity index (χ1v) is 15.3. The molecule has 0 bridgehead atoms. The predicted octanol–water partition coefficient (Wildman–Crippen LogP) is 5.83. The first-order chi connectivity index (χ1) is 20.4. The first kappa shape index (κ1) is 33.0. The van der Waals surface area contributed by atoms with Gasteiger partial charge in [0, 0.05) is 38.8 Å². The highest BCUT2D eigenvalue weighted by Crippen LogP contribution is 2.31. The fraction of sp³-hybridized carbons (Fsp3) is 0.576. The monoisotopic (exact) mass is 583 g/mol. The van der Waals surface area contributed by atoms with Crippen LogP contribution in [0.1, 0.15) is 70.4 Å². The van der Waals surface area contributed by atoms with Crippen LogP contribution in [0.2, 0.25) is 0 Å². The Kier molecular flexibility index (Phi) is 13.3. The summed E-state index contributed by atoms with van der Waals surface area (Å²) in [6.45, 7) is 10.3. The minimum Gasteiger partial charge on any atom is -0.497 e. The van der Waals surface area contributed by atoms with Crippen LogP contribution in [0.5, 0.6) is 23.0 Å². The molecule has 0 unspecified atom stereocenters. The van der Waals surface area contributed by atoms with E-state index in [1.165, 1.54) is 0 Å². The van der Waals surface area contributed by atoms with E-state index in [1.54, 1.807) is 19.1 Å². The van der Waals surface area contributed by atoms with Crippen molar-refractivity contribution in [2.45, 2.75) is 77.9 Å². The molecule has 0 aliphatic carbocycles. The molecule has 1 saturated heterocycles. The minimum absolute atomic E-state index is 0.243. The standard InChI is InChI=1S/C33H49N3O6/c1-6-9-17-41-30-12-11-26(21-31(30)42-18-10-7-2)23-34-32(38)36(8-3)33(25-37)13-15-35(16-14-33)24-27-19-28(39-4)22-29(20-27)40-5/h11-12,19-22,25H,6-10,13-18,23-24H2,1-5H3,(H,34,38). The third-order valence-corrected chi connectivity index (χ3v) is 7.82. The second kappa shape index (κ2) is 16.9. The van der Waals surface area contributed by atoms with Gasteiger partial charge < -0.3 is 34.0 Å². The molecule has 0 radical (unpaired) electrons. The first-order valence-electron chi connectivity index (χ1n) is 15.3. The van der Waals surface area contributed by atoms with Crippen molar-refractivity contribution in [2.75, 3.05) is 47.1 Å². The Morgan fingerprint density at radius 1 is 0.905 bits per heavy atom. The lowest BCUT2D eigenvalue weighted by Gasteiger charge is -2.45. The number of rotatable bonds is 17. The van der Waals surface area contributed by atoms with Crippen LogP contribution in [-0.2, 0) is 17.9 Å². The maximum atomic E-state index is 13.4. The summed E-state index contributed by atoms with van der Waals surface area (Å²) in [5, 5.41) is 3.04. The number of likely N-dealkylation sites (tertiary alicyclic amines) is 1. The van der Waals surface area contributed by atoms with Crippen molar-refractivity contribution in [3.8, 4) is 23.0 Å². The van der Waals surface area contributed by atoms with E-state index in [-0.39, 0.29) is 6.03 Å². The third kappa shape index (κ3) is 9.02. The number of hydrogen-bond acceptors (Lipinski definition) is 7. The summed E-state index contributed by atoms with van der Waals surface area (Å²) in [6, 6.07) is 11.4. The van der Waals surface area contributed by atoms with Crippen LogP contribution in [0.15, 0.2) is 36.4 Å². The van der Waals surface area contributed by atoms with Crippen LogP contribution < -0.4 is 24.3 Å². The summed E-state index contributed by atoms with van der Waals surface area (Å²) in [6.07, 6.45) is 6.13. The van der Waals surface area contributed by atoms with E-state index in [0.29, 0.717) is 64.5 Å². The van der Waals surface area contributed by atoms with Gasteiger partial charge in [-0.1, -0.05) is 32.8 Å². The van der Waals surface area contributed by atoms with E-state index in [1.807, 2.05) is 43.3 Å². The number of unbranched alkanes of at least 4 members (excludes halogenated alkanes) is 2.